The third-order valence-corrected chi connectivity index (χ3v) is 5.20. The van der Waals surface area contributed by atoms with Crippen LogP contribution in [0.5, 0.6) is 5.75 Å². The Morgan fingerprint density at radius 2 is 1.89 bits per heavy atom. The van der Waals surface area contributed by atoms with Crippen molar-refractivity contribution in [2.45, 2.75) is 0 Å². The third-order valence-electron chi connectivity index (χ3n) is 5.20. The number of hydrogen-bond acceptors (Lipinski definition) is 5. The van der Waals surface area contributed by atoms with Crippen molar-refractivity contribution in [2.24, 2.45) is 15.7 Å². The molecule has 1 aliphatic heterocycles. The van der Waals surface area contributed by atoms with Crippen LogP contribution in [0.3, 0.4) is 0 Å². The van der Waals surface area contributed by atoms with Crippen LogP contribution >= 0.6 is 0 Å². The van der Waals surface area contributed by atoms with Gasteiger partial charge in [0.25, 0.3) is 5.91 Å². The van der Waals surface area contributed by atoms with E-state index in [2.05, 4.69) is 26.9 Å². The number of rotatable bonds is 6. The Labute approximate surface area is 208 Å². The van der Waals surface area contributed by atoms with Crippen molar-refractivity contribution in [3.05, 3.63) is 90.8 Å². The zero-order valence-corrected chi connectivity index (χ0v) is 19.5. The Bertz CT molecular complexity index is 1280. The second-order valence-electron chi connectivity index (χ2n) is 7.75. The fourth-order valence-electron chi connectivity index (χ4n) is 3.43. The summed E-state index contributed by atoms with van der Waals surface area (Å²) >= 11 is 0. The van der Waals surface area contributed by atoms with Gasteiger partial charge in [-0.3, -0.25) is 9.59 Å². The van der Waals surface area contributed by atoms with Crippen molar-refractivity contribution in [3.8, 4) is 5.75 Å². The van der Waals surface area contributed by atoms with Crippen LogP contribution in [-0.2, 0) is 9.53 Å². The molecule has 1 aliphatic rings. The molecule has 10 nitrogen and oxygen atoms in total. The lowest BCUT2D eigenvalue weighted by Gasteiger charge is -2.26. The van der Waals surface area contributed by atoms with Crippen molar-refractivity contribution >= 4 is 35.0 Å². The summed E-state index contributed by atoms with van der Waals surface area (Å²) in [7, 11) is 0. The van der Waals surface area contributed by atoms with Crippen molar-refractivity contribution in [1.29, 1.82) is 0 Å². The number of hydrogen-bond donors (Lipinski definition) is 3. The molecule has 3 aromatic rings. The molecule has 0 saturated carbocycles. The number of morpholine rings is 1. The predicted molar refractivity (Wildman–Crippen MR) is 138 cm³/mol. The Kier molecular flexibility index (Phi) is 7.89. The SMILES string of the molecule is C=CC(=O)Nc1cccc(O/C(=N/C(N)=Nc2ccc(C(=O)N3CCOCC3)cc2)c2ccc[nH]2)c1. The zero-order chi connectivity index (χ0) is 25.3. The van der Waals surface area contributed by atoms with Crippen LogP contribution in [0.2, 0.25) is 0 Å². The molecule has 184 valence electrons. The maximum absolute atomic E-state index is 12.6. The van der Waals surface area contributed by atoms with E-state index in [1.54, 1.807) is 71.8 Å². The maximum atomic E-state index is 12.6. The number of guanidine groups is 1. The van der Waals surface area contributed by atoms with E-state index >= 15 is 0 Å². The van der Waals surface area contributed by atoms with Crippen LogP contribution < -0.4 is 15.8 Å². The molecule has 36 heavy (non-hydrogen) atoms. The molecule has 2 aromatic carbocycles. The van der Waals surface area contributed by atoms with Crippen molar-refractivity contribution in [2.75, 3.05) is 31.6 Å². The van der Waals surface area contributed by atoms with Crippen molar-refractivity contribution in [1.82, 2.24) is 9.88 Å². The normalized spacial score (nSPS) is 14.3. The highest BCUT2D eigenvalue weighted by Gasteiger charge is 2.18. The highest BCUT2D eigenvalue weighted by molar-refractivity contribution is 6.03. The quantitative estimate of drug-likeness (QED) is 0.280. The monoisotopic (exact) mass is 486 g/mol. The van der Waals surface area contributed by atoms with E-state index in [1.165, 1.54) is 6.08 Å². The smallest absolute Gasteiger partial charge is 0.254 e. The predicted octanol–water partition coefficient (Wildman–Crippen LogP) is 3.08. The van der Waals surface area contributed by atoms with E-state index in [4.69, 9.17) is 15.2 Å². The lowest BCUT2D eigenvalue weighted by Crippen LogP contribution is -2.40. The van der Waals surface area contributed by atoms with E-state index in [0.717, 1.165) is 0 Å². The van der Waals surface area contributed by atoms with Crippen LogP contribution in [0.15, 0.2) is 89.5 Å². The lowest BCUT2D eigenvalue weighted by atomic mass is 10.1. The lowest BCUT2D eigenvalue weighted by molar-refractivity contribution is -0.111. The fraction of sp³-hybridized carbons (Fsp3) is 0.154. The van der Waals surface area contributed by atoms with Gasteiger partial charge in [-0.1, -0.05) is 12.6 Å². The van der Waals surface area contributed by atoms with E-state index in [0.29, 0.717) is 54.7 Å². The molecule has 1 fully saturated rings. The molecule has 4 N–H and O–H groups in total. The van der Waals surface area contributed by atoms with Crippen molar-refractivity contribution < 1.29 is 19.1 Å². The summed E-state index contributed by atoms with van der Waals surface area (Å²) in [4.78, 5) is 37.7. The highest BCUT2D eigenvalue weighted by Crippen LogP contribution is 2.20. The molecular formula is C26H26N6O4. The number of aliphatic imine (C=N–C) groups is 2. The number of ether oxygens (including phenoxy) is 2. The number of H-pyrrole nitrogens is 1. The van der Waals surface area contributed by atoms with Crippen LogP contribution in [0.25, 0.3) is 0 Å². The number of carbonyl (C=O) groups excluding carboxylic acids is 2. The fourth-order valence-corrected chi connectivity index (χ4v) is 3.43. The minimum Gasteiger partial charge on any atom is -0.437 e. The van der Waals surface area contributed by atoms with Gasteiger partial charge in [-0.15, -0.1) is 0 Å². The number of nitrogens with one attached hydrogen (secondary N) is 2. The second-order valence-corrected chi connectivity index (χ2v) is 7.75. The largest absolute Gasteiger partial charge is 0.437 e. The first-order valence-corrected chi connectivity index (χ1v) is 11.3. The van der Waals surface area contributed by atoms with Gasteiger partial charge in [0, 0.05) is 36.6 Å². The molecule has 2 amide bonds. The standard InChI is InChI=1S/C26H26N6O4/c1-2-23(33)29-20-5-3-6-21(17-20)36-24(22-7-4-12-28-22)31-26(27)30-19-10-8-18(9-11-19)25(34)32-13-15-35-16-14-32/h2-12,17,28H,1,13-16H2,(H2,27,30)(H,29,33)/b31-24+. The minimum atomic E-state index is -0.334. The first-order chi connectivity index (χ1) is 17.5. The van der Waals surface area contributed by atoms with E-state index in [-0.39, 0.29) is 23.7 Å². The number of anilines is 1. The molecule has 4 rings (SSSR count). The topological polar surface area (TPSA) is 134 Å². The van der Waals surface area contributed by atoms with E-state index < -0.39 is 0 Å². The molecule has 2 heterocycles. The number of aromatic amines is 1. The number of amides is 2. The maximum Gasteiger partial charge on any atom is 0.254 e. The molecule has 0 radical (unpaired) electrons. The molecule has 0 spiro atoms. The van der Waals surface area contributed by atoms with Gasteiger partial charge in [0.1, 0.15) is 11.4 Å². The molecule has 10 heteroatoms. The van der Waals surface area contributed by atoms with Gasteiger partial charge in [-0.25, -0.2) is 4.99 Å². The van der Waals surface area contributed by atoms with Crippen LogP contribution in [0, 0.1) is 0 Å². The molecular weight excluding hydrogens is 460 g/mol. The number of benzene rings is 2. The molecule has 1 aromatic heterocycles. The van der Waals surface area contributed by atoms with Crippen LogP contribution in [-0.4, -0.2) is 59.9 Å². The average molecular weight is 487 g/mol. The van der Waals surface area contributed by atoms with Gasteiger partial charge < -0.3 is 30.4 Å². The first kappa shape index (κ1) is 24.4. The number of nitrogens with two attached hydrogens (primary N) is 1. The molecule has 1 saturated heterocycles. The van der Waals surface area contributed by atoms with Gasteiger partial charge in [0.2, 0.25) is 17.8 Å². The molecule has 0 atom stereocenters. The second kappa shape index (κ2) is 11.6. The van der Waals surface area contributed by atoms with Gasteiger partial charge >= 0.3 is 0 Å². The summed E-state index contributed by atoms with van der Waals surface area (Å²) in [6.45, 7) is 5.68. The Morgan fingerprint density at radius 1 is 1.11 bits per heavy atom. The Morgan fingerprint density at radius 3 is 2.58 bits per heavy atom. The minimum absolute atomic E-state index is 0.0389. The summed E-state index contributed by atoms with van der Waals surface area (Å²) in [6.07, 6.45) is 2.91. The van der Waals surface area contributed by atoms with Crippen molar-refractivity contribution in [3.63, 3.8) is 0 Å². The van der Waals surface area contributed by atoms with Crippen LogP contribution in [0.4, 0.5) is 11.4 Å². The number of carbonyl (C=O) groups is 2. The average Bonchev–Trinajstić information content (AvgIpc) is 3.44. The summed E-state index contributed by atoms with van der Waals surface area (Å²) in [5, 5.41) is 2.68. The van der Waals surface area contributed by atoms with E-state index in [9.17, 15) is 9.59 Å². The number of aromatic nitrogens is 1. The van der Waals surface area contributed by atoms with Gasteiger partial charge in [-0.05, 0) is 54.6 Å². The zero-order valence-electron chi connectivity index (χ0n) is 19.5. The highest BCUT2D eigenvalue weighted by atomic mass is 16.5. The van der Waals surface area contributed by atoms with Gasteiger partial charge in [0.05, 0.1) is 18.9 Å². The molecule has 0 unspecified atom stereocenters. The van der Waals surface area contributed by atoms with Gasteiger partial charge in [-0.2, -0.15) is 4.99 Å². The Balaban J connectivity index is 1.52. The summed E-state index contributed by atoms with van der Waals surface area (Å²) < 4.78 is 11.3. The van der Waals surface area contributed by atoms with Crippen LogP contribution in [0.1, 0.15) is 16.1 Å². The number of nitrogens with zero attached hydrogens (tertiary/aromatic N) is 3. The molecule has 0 bridgehead atoms. The summed E-state index contributed by atoms with van der Waals surface area (Å²) in [5.74, 6) is 0.202. The van der Waals surface area contributed by atoms with E-state index in [1.807, 2.05) is 0 Å². The molecule has 0 aliphatic carbocycles. The first-order valence-electron chi connectivity index (χ1n) is 11.3. The Hall–Kier alpha value is -4.70. The summed E-state index contributed by atoms with van der Waals surface area (Å²) in [5.41, 5.74) is 8.33. The third kappa shape index (κ3) is 6.45. The van der Waals surface area contributed by atoms with Gasteiger partial charge in [0.15, 0.2) is 0 Å². The summed E-state index contributed by atoms with van der Waals surface area (Å²) in [6, 6.07) is 17.2.